The normalized spacial score (nSPS) is 17.3. The number of halogens is 3. The van der Waals surface area contributed by atoms with Crippen LogP contribution in [0.4, 0.5) is 10.1 Å². The molecular weight excluding hydrogens is 292 g/mol. The summed E-state index contributed by atoms with van der Waals surface area (Å²) in [6.45, 7) is 2.01. The predicted molar refractivity (Wildman–Crippen MR) is 69.8 cm³/mol. The molecule has 1 aromatic rings. The van der Waals surface area contributed by atoms with E-state index in [4.69, 9.17) is 11.6 Å². The SMILES string of the molecule is Fc1cc(Cl)c(N2CCCCCC2)c(Br)c1. The lowest BCUT2D eigenvalue weighted by molar-refractivity contribution is 0.626. The van der Waals surface area contributed by atoms with Gasteiger partial charge in [0.05, 0.1) is 10.7 Å². The standard InChI is InChI=1S/C12H14BrClFN/c13-10-7-9(15)8-11(14)12(10)16-5-3-1-2-4-6-16/h7-8H,1-6H2. The quantitative estimate of drug-likeness (QED) is 0.731. The third-order valence-corrected chi connectivity index (χ3v) is 3.80. The monoisotopic (exact) mass is 305 g/mol. The maximum atomic E-state index is 13.1. The number of hydrogen-bond donors (Lipinski definition) is 0. The van der Waals surface area contributed by atoms with Crippen LogP contribution in [0, 0.1) is 5.82 Å². The van der Waals surface area contributed by atoms with Crippen molar-refractivity contribution in [3.63, 3.8) is 0 Å². The maximum absolute atomic E-state index is 13.1. The highest BCUT2D eigenvalue weighted by molar-refractivity contribution is 9.10. The van der Waals surface area contributed by atoms with Crippen molar-refractivity contribution in [2.45, 2.75) is 25.7 Å². The summed E-state index contributed by atoms with van der Waals surface area (Å²) in [6.07, 6.45) is 4.90. The van der Waals surface area contributed by atoms with Crippen molar-refractivity contribution < 1.29 is 4.39 Å². The molecule has 0 radical (unpaired) electrons. The van der Waals surface area contributed by atoms with E-state index >= 15 is 0 Å². The zero-order chi connectivity index (χ0) is 11.5. The zero-order valence-electron chi connectivity index (χ0n) is 8.98. The zero-order valence-corrected chi connectivity index (χ0v) is 11.3. The van der Waals surface area contributed by atoms with Gasteiger partial charge in [-0.05, 0) is 40.9 Å². The molecule has 1 nitrogen and oxygen atoms in total. The summed E-state index contributed by atoms with van der Waals surface area (Å²) in [5.41, 5.74) is 0.935. The minimum Gasteiger partial charge on any atom is -0.369 e. The van der Waals surface area contributed by atoms with E-state index in [9.17, 15) is 4.39 Å². The third kappa shape index (κ3) is 2.69. The van der Waals surface area contributed by atoms with Crippen LogP contribution in [0.15, 0.2) is 16.6 Å². The Labute approximate surface area is 109 Å². The lowest BCUT2D eigenvalue weighted by atomic mass is 10.2. The fourth-order valence-electron chi connectivity index (χ4n) is 2.13. The summed E-state index contributed by atoms with van der Waals surface area (Å²) < 4.78 is 13.9. The molecule has 1 aliphatic rings. The fraction of sp³-hybridized carbons (Fsp3) is 0.500. The predicted octanol–water partition coefficient (Wildman–Crippen LogP) is 4.62. The Hall–Kier alpha value is -0.280. The minimum atomic E-state index is -0.296. The molecule has 1 heterocycles. The van der Waals surface area contributed by atoms with Crippen molar-refractivity contribution in [3.05, 3.63) is 27.4 Å². The van der Waals surface area contributed by atoms with Crippen molar-refractivity contribution in [1.29, 1.82) is 0 Å². The van der Waals surface area contributed by atoms with Crippen LogP contribution in [0.1, 0.15) is 25.7 Å². The van der Waals surface area contributed by atoms with Gasteiger partial charge >= 0.3 is 0 Å². The van der Waals surface area contributed by atoms with E-state index < -0.39 is 0 Å². The molecule has 1 saturated heterocycles. The lowest BCUT2D eigenvalue weighted by Crippen LogP contribution is -2.24. The molecule has 16 heavy (non-hydrogen) atoms. The van der Waals surface area contributed by atoms with Crippen molar-refractivity contribution in [2.24, 2.45) is 0 Å². The van der Waals surface area contributed by atoms with E-state index in [1.54, 1.807) is 0 Å². The molecule has 2 rings (SSSR count). The first-order chi connectivity index (χ1) is 7.68. The Morgan fingerprint density at radius 3 is 2.31 bits per heavy atom. The van der Waals surface area contributed by atoms with Gasteiger partial charge in [0, 0.05) is 17.6 Å². The van der Waals surface area contributed by atoms with Crippen LogP contribution in [0.3, 0.4) is 0 Å². The largest absolute Gasteiger partial charge is 0.369 e. The van der Waals surface area contributed by atoms with Gasteiger partial charge in [-0.3, -0.25) is 0 Å². The molecule has 0 bridgehead atoms. The number of hydrogen-bond acceptors (Lipinski definition) is 1. The van der Waals surface area contributed by atoms with E-state index in [-0.39, 0.29) is 5.82 Å². The van der Waals surface area contributed by atoms with Crippen molar-refractivity contribution in [1.82, 2.24) is 0 Å². The van der Waals surface area contributed by atoms with E-state index in [1.807, 2.05) is 0 Å². The molecule has 0 aliphatic carbocycles. The van der Waals surface area contributed by atoms with Gasteiger partial charge in [0.25, 0.3) is 0 Å². The van der Waals surface area contributed by atoms with Gasteiger partial charge in [0.2, 0.25) is 0 Å². The molecule has 0 unspecified atom stereocenters. The highest BCUT2D eigenvalue weighted by atomic mass is 79.9. The molecule has 1 fully saturated rings. The highest BCUT2D eigenvalue weighted by Crippen LogP contribution is 2.35. The second-order valence-electron chi connectivity index (χ2n) is 4.12. The topological polar surface area (TPSA) is 3.24 Å². The van der Waals surface area contributed by atoms with Gasteiger partial charge < -0.3 is 4.90 Å². The van der Waals surface area contributed by atoms with Crippen molar-refractivity contribution in [3.8, 4) is 0 Å². The summed E-state index contributed by atoms with van der Waals surface area (Å²) in [5.74, 6) is -0.296. The molecule has 0 amide bonds. The minimum absolute atomic E-state index is 0.296. The van der Waals surface area contributed by atoms with Crippen LogP contribution in [0.25, 0.3) is 0 Å². The summed E-state index contributed by atoms with van der Waals surface area (Å²) in [4.78, 5) is 2.25. The van der Waals surface area contributed by atoms with Crippen LogP contribution in [0.5, 0.6) is 0 Å². The number of benzene rings is 1. The molecule has 0 N–H and O–H groups in total. The van der Waals surface area contributed by atoms with Gasteiger partial charge in [0.15, 0.2) is 0 Å². The molecule has 1 aliphatic heterocycles. The van der Waals surface area contributed by atoms with Crippen LogP contribution in [-0.2, 0) is 0 Å². The van der Waals surface area contributed by atoms with E-state index in [0.717, 1.165) is 23.2 Å². The van der Waals surface area contributed by atoms with Crippen LogP contribution >= 0.6 is 27.5 Å². The second kappa shape index (κ2) is 5.37. The van der Waals surface area contributed by atoms with Crippen LogP contribution in [-0.4, -0.2) is 13.1 Å². The van der Waals surface area contributed by atoms with Crippen LogP contribution < -0.4 is 4.90 Å². The number of anilines is 1. The lowest BCUT2D eigenvalue weighted by Gasteiger charge is -2.25. The average molecular weight is 307 g/mol. The molecule has 0 spiro atoms. The number of rotatable bonds is 1. The van der Waals surface area contributed by atoms with Gasteiger partial charge in [-0.25, -0.2) is 4.39 Å². The Bertz CT molecular complexity index is 352. The molecular formula is C12H14BrClFN. The summed E-state index contributed by atoms with van der Waals surface area (Å²) in [6, 6.07) is 2.86. The van der Waals surface area contributed by atoms with E-state index in [0.29, 0.717) is 5.02 Å². The fourth-order valence-corrected chi connectivity index (χ4v) is 3.25. The molecule has 0 saturated carbocycles. The summed E-state index contributed by atoms with van der Waals surface area (Å²) in [7, 11) is 0. The maximum Gasteiger partial charge on any atom is 0.125 e. The molecule has 0 atom stereocenters. The molecule has 88 valence electrons. The van der Waals surface area contributed by atoms with Gasteiger partial charge in [0.1, 0.15) is 5.82 Å². The first kappa shape index (κ1) is 12.2. The molecule has 0 aromatic heterocycles. The Kier molecular flexibility index (Phi) is 4.09. The smallest absolute Gasteiger partial charge is 0.125 e. The highest BCUT2D eigenvalue weighted by Gasteiger charge is 2.16. The summed E-state index contributed by atoms with van der Waals surface area (Å²) in [5, 5.41) is 0.494. The first-order valence-electron chi connectivity index (χ1n) is 5.58. The Morgan fingerprint density at radius 2 is 1.75 bits per heavy atom. The Morgan fingerprint density at radius 1 is 1.12 bits per heavy atom. The van der Waals surface area contributed by atoms with Gasteiger partial charge in [-0.2, -0.15) is 0 Å². The van der Waals surface area contributed by atoms with E-state index in [2.05, 4.69) is 20.8 Å². The second-order valence-corrected chi connectivity index (χ2v) is 5.38. The third-order valence-electron chi connectivity index (χ3n) is 2.90. The van der Waals surface area contributed by atoms with Gasteiger partial charge in [-0.1, -0.05) is 24.4 Å². The Balaban J connectivity index is 2.31. The first-order valence-corrected chi connectivity index (χ1v) is 6.75. The summed E-state index contributed by atoms with van der Waals surface area (Å²) >= 11 is 9.50. The van der Waals surface area contributed by atoms with E-state index in [1.165, 1.54) is 37.8 Å². The molecule has 4 heteroatoms. The van der Waals surface area contributed by atoms with Crippen LogP contribution in [0.2, 0.25) is 5.02 Å². The van der Waals surface area contributed by atoms with Crippen molar-refractivity contribution >= 4 is 33.2 Å². The van der Waals surface area contributed by atoms with Crippen molar-refractivity contribution in [2.75, 3.05) is 18.0 Å². The average Bonchev–Trinajstić information content (AvgIpc) is 2.44. The number of nitrogens with zero attached hydrogens (tertiary/aromatic N) is 1. The van der Waals surface area contributed by atoms with Gasteiger partial charge in [-0.15, -0.1) is 0 Å². The molecule has 1 aromatic carbocycles.